The van der Waals surface area contributed by atoms with Crippen LogP contribution in [0, 0.1) is 11.7 Å². The Labute approximate surface area is 105 Å². The number of nitrogens with one attached hydrogen (secondary N) is 1. The molecule has 5 nitrogen and oxygen atoms in total. The van der Waals surface area contributed by atoms with Crippen LogP contribution in [0.25, 0.3) is 5.69 Å². The summed E-state index contributed by atoms with van der Waals surface area (Å²) in [7, 11) is 0. The lowest BCUT2D eigenvalue weighted by Gasteiger charge is -2.19. The first-order chi connectivity index (χ1) is 8.58. The summed E-state index contributed by atoms with van der Waals surface area (Å²) in [6, 6.07) is 4.93. The van der Waals surface area contributed by atoms with Gasteiger partial charge in [0.05, 0.1) is 11.4 Å². The number of benzene rings is 1. The maximum Gasteiger partial charge on any atom is 0.146 e. The van der Waals surface area contributed by atoms with E-state index < -0.39 is 0 Å². The van der Waals surface area contributed by atoms with E-state index in [1.807, 2.05) is 6.92 Å². The van der Waals surface area contributed by atoms with Gasteiger partial charge < -0.3 is 5.32 Å². The van der Waals surface area contributed by atoms with E-state index in [1.54, 1.807) is 12.1 Å². The Balaban J connectivity index is 2.27. The van der Waals surface area contributed by atoms with Crippen molar-refractivity contribution < 1.29 is 4.39 Å². The van der Waals surface area contributed by atoms with Crippen LogP contribution in [-0.4, -0.2) is 26.2 Å². The highest BCUT2D eigenvalue weighted by Gasteiger charge is 2.11. The lowest BCUT2D eigenvalue weighted by Crippen LogP contribution is -2.22. The molecule has 2 rings (SSSR count). The average Bonchev–Trinajstić information content (AvgIpc) is 2.85. The van der Waals surface area contributed by atoms with E-state index in [4.69, 9.17) is 0 Å². The molecule has 0 fully saturated rings. The number of rotatable bonds is 4. The molecule has 0 spiro atoms. The quantitative estimate of drug-likeness (QED) is 0.903. The molecule has 1 aromatic heterocycles. The van der Waals surface area contributed by atoms with Gasteiger partial charge in [0.15, 0.2) is 0 Å². The number of tetrazole rings is 1. The molecule has 0 saturated heterocycles. The Kier molecular flexibility index (Phi) is 3.55. The predicted octanol–water partition coefficient (Wildman–Crippen LogP) is 2.26. The van der Waals surface area contributed by atoms with Gasteiger partial charge in [0.2, 0.25) is 0 Å². The van der Waals surface area contributed by atoms with Gasteiger partial charge in [-0.25, -0.2) is 9.07 Å². The van der Waals surface area contributed by atoms with Crippen molar-refractivity contribution in [3.05, 3.63) is 30.3 Å². The summed E-state index contributed by atoms with van der Waals surface area (Å²) in [5.74, 6) is 0.139. The van der Waals surface area contributed by atoms with Crippen LogP contribution < -0.4 is 5.32 Å². The molecule has 96 valence electrons. The highest BCUT2D eigenvalue weighted by atomic mass is 19.1. The van der Waals surface area contributed by atoms with Crippen molar-refractivity contribution >= 4 is 5.69 Å². The molecule has 0 radical (unpaired) electrons. The molecular weight excluding hydrogens is 233 g/mol. The van der Waals surface area contributed by atoms with Gasteiger partial charge in [0, 0.05) is 6.04 Å². The van der Waals surface area contributed by atoms with Crippen LogP contribution in [0.15, 0.2) is 24.5 Å². The third-order valence-electron chi connectivity index (χ3n) is 2.95. The molecule has 0 saturated carbocycles. The molecule has 6 heteroatoms. The van der Waals surface area contributed by atoms with Crippen molar-refractivity contribution in [1.82, 2.24) is 20.2 Å². The highest BCUT2D eigenvalue weighted by molar-refractivity contribution is 5.52. The Morgan fingerprint density at radius 1 is 1.28 bits per heavy atom. The fourth-order valence-corrected chi connectivity index (χ4v) is 1.46. The van der Waals surface area contributed by atoms with Gasteiger partial charge in [-0.2, -0.15) is 0 Å². The van der Waals surface area contributed by atoms with Crippen molar-refractivity contribution in [2.45, 2.75) is 26.8 Å². The van der Waals surface area contributed by atoms with E-state index in [9.17, 15) is 4.39 Å². The maximum atomic E-state index is 13.7. The van der Waals surface area contributed by atoms with E-state index >= 15 is 0 Å². The van der Waals surface area contributed by atoms with Gasteiger partial charge in [0.25, 0.3) is 0 Å². The Morgan fingerprint density at radius 2 is 2.06 bits per heavy atom. The summed E-state index contributed by atoms with van der Waals surface area (Å²) < 4.78 is 15.2. The fraction of sp³-hybridized carbons (Fsp3) is 0.417. The van der Waals surface area contributed by atoms with Crippen molar-refractivity contribution in [3.8, 4) is 5.69 Å². The van der Waals surface area contributed by atoms with Crippen LogP contribution in [-0.2, 0) is 0 Å². The molecule has 0 aliphatic carbocycles. The molecule has 0 bridgehead atoms. The van der Waals surface area contributed by atoms with Crippen LogP contribution in [0.5, 0.6) is 0 Å². The second-order valence-electron chi connectivity index (χ2n) is 4.60. The third-order valence-corrected chi connectivity index (χ3v) is 2.95. The smallest absolute Gasteiger partial charge is 0.146 e. The fourth-order valence-electron chi connectivity index (χ4n) is 1.46. The third kappa shape index (κ3) is 2.64. The molecule has 2 aromatic rings. The van der Waals surface area contributed by atoms with E-state index in [2.05, 4.69) is 34.7 Å². The summed E-state index contributed by atoms with van der Waals surface area (Å²) >= 11 is 0. The Morgan fingerprint density at radius 3 is 2.67 bits per heavy atom. The number of hydrogen-bond acceptors (Lipinski definition) is 4. The molecule has 1 aromatic carbocycles. The van der Waals surface area contributed by atoms with Gasteiger partial charge in [-0.05, 0) is 41.5 Å². The molecular formula is C12H16FN5. The van der Waals surface area contributed by atoms with Crippen molar-refractivity contribution in [2.75, 3.05) is 5.32 Å². The first-order valence-corrected chi connectivity index (χ1v) is 5.87. The number of aromatic nitrogens is 4. The average molecular weight is 249 g/mol. The maximum absolute atomic E-state index is 13.7. The molecule has 0 aliphatic rings. The first-order valence-electron chi connectivity index (χ1n) is 5.87. The van der Waals surface area contributed by atoms with Crippen molar-refractivity contribution in [3.63, 3.8) is 0 Å². The molecule has 1 N–H and O–H groups in total. The molecule has 1 heterocycles. The van der Waals surface area contributed by atoms with Gasteiger partial charge in [-0.3, -0.25) is 0 Å². The normalized spacial score (nSPS) is 12.7. The summed E-state index contributed by atoms with van der Waals surface area (Å²) in [4.78, 5) is 0. The van der Waals surface area contributed by atoms with E-state index in [0.717, 1.165) is 5.69 Å². The number of nitrogens with zero attached hydrogens (tertiary/aromatic N) is 4. The van der Waals surface area contributed by atoms with Gasteiger partial charge >= 0.3 is 0 Å². The SMILES string of the molecule is CC(C)C(C)Nc1cc(-n2cnnn2)ccc1F. The van der Waals surface area contributed by atoms with Crippen LogP contribution in [0.1, 0.15) is 20.8 Å². The largest absolute Gasteiger partial charge is 0.380 e. The topological polar surface area (TPSA) is 55.6 Å². The van der Waals surface area contributed by atoms with Gasteiger partial charge in [-0.15, -0.1) is 5.10 Å². The lowest BCUT2D eigenvalue weighted by atomic mass is 10.1. The lowest BCUT2D eigenvalue weighted by molar-refractivity contribution is 0.552. The summed E-state index contributed by atoms with van der Waals surface area (Å²) in [5.41, 5.74) is 1.18. The zero-order valence-electron chi connectivity index (χ0n) is 10.6. The number of halogens is 1. The Hall–Kier alpha value is -1.98. The monoisotopic (exact) mass is 249 g/mol. The number of anilines is 1. The van der Waals surface area contributed by atoms with Gasteiger partial charge in [0.1, 0.15) is 12.1 Å². The molecule has 0 aliphatic heterocycles. The molecule has 1 atom stereocenters. The minimum Gasteiger partial charge on any atom is -0.380 e. The van der Waals surface area contributed by atoms with Crippen molar-refractivity contribution in [1.29, 1.82) is 0 Å². The van der Waals surface area contributed by atoms with Crippen LogP contribution in [0.4, 0.5) is 10.1 Å². The summed E-state index contributed by atoms with van der Waals surface area (Å²) in [6.07, 6.45) is 1.48. The van der Waals surface area contributed by atoms with Gasteiger partial charge in [-0.1, -0.05) is 13.8 Å². The Bertz CT molecular complexity index is 509. The second kappa shape index (κ2) is 5.12. The van der Waals surface area contributed by atoms with E-state index in [0.29, 0.717) is 11.6 Å². The van der Waals surface area contributed by atoms with Crippen molar-refractivity contribution in [2.24, 2.45) is 5.92 Å². The minimum atomic E-state index is -0.278. The minimum absolute atomic E-state index is 0.184. The molecule has 1 unspecified atom stereocenters. The zero-order chi connectivity index (χ0) is 13.1. The second-order valence-corrected chi connectivity index (χ2v) is 4.60. The van der Waals surface area contributed by atoms with E-state index in [-0.39, 0.29) is 11.9 Å². The molecule has 0 amide bonds. The highest BCUT2D eigenvalue weighted by Crippen LogP contribution is 2.20. The standard InChI is InChI=1S/C12H16FN5/c1-8(2)9(3)15-12-6-10(4-5-11(12)13)18-7-14-16-17-18/h4-9,15H,1-3H3. The van der Waals surface area contributed by atoms with Crippen LogP contribution >= 0.6 is 0 Å². The van der Waals surface area contributed by atoms with E-state index in [1.165, 1.54) is 17.1 Å². The van der Waals surface area contributed by atoms with Crippen LogP contribution in [0.3, 0.4) is 0 Å². The predicted molar refractivity (Wildman–Crippen MR) is 67.0 cm³/mol. The summed E-state index contributed by atoms with van der Waals surface area (Å²) in [6.45, 7) is 6.19. The first kappa shape index (κ1) is 12.5. The molecule has 18 heavy (non-hydrogen) atoms. The summed E-state index contributed by atoms with van der Waals surface area (Å²) in [5, 5.41) is 14.0. The zero-order valence-corrected chi connectivity index (χ0v) is 10.6. The van der Waals surface area contributed by atoms with Crippen LogP contribution in [0.2, 0.25) is 0 Å². The number of hydrogen-bond donors (Lipinski definition) is 1.